The smallest absolute Gasteiger partial charge is 0.305 e. The van der Waals surface area contributed by atoms with Gasteiger partial charge >= 0.3 is 6.03 Å². The lowest BCUT2D eigenvalue weighted by Gasteiger charge is -2.35. The molecule has 3 amide bonds. The second-order valence-corrected chi connectivity index (χ2v) is 11.4. The molecule has 6 nitrogen and oxygen atoms in total. The molecule has 2 heterocycles. The van der Waals surface area contributed by atoms with E-state index >= 15 is 0 Å². The van der Waals surface area contributed by atoms with Crippen molar-refractivity contribution in [1.82, 2.24) is 14.7 Å². The summed E-state index contributed by atoms with van der Waals surface area (Å²) in [4.78, 5) is 37.3. The SMILES string of the molecule is [C-]#[N+]C1(c2ccccc2C)CCN(CCCN2C(=O)N(C)C(c3ccc(C)cc3)(c3ccc(C)cc3)C2=O)CC1. The second-order valence-electron chi connectivity index (χ2n) is 11.4. The molecule has 0 spiro atoms. The largest absolute Gasteiger partial charge is 0.327 e. The van der Waals surface area contributed by atoms with Crippen LogP contribution in [0.3, 0.4) is 0 Å². The van der Waals surface area contributed by atoms with E-state index in [4.69, 9.17) is 6.57 Å². The van der Waals surface area contributed by atoms with Crippen LogP contribution in [0.2, 0.25) is 0 Å². The minimum atomic E-state index is -1.19. The van der Waals surface area contributed by atoms with Crippen LogP contribution in [-0.4, -0.2) is 59.9 Å². The lowest BCUT2D eigenvalue weighted by molar-refractivity contribution is -0.131. The molecule has 0 aromatic heterocycles. The van der Waals surface area contributed by atoms with Crippen molar-refractivity contribution in [3.8, 4) is 0 Å². The summed E-state index contributed by atoms with van der Waals surface area (Å²) in [5.74, 6) is -0.196. The molecule has 206 valence electrons. The number of hydrogen-bond donors (Lipinski definition) is 0. The Morgan fingerprint density at radius 2 is 1.35 bits per heavy atom. The standard InChI is InChI=1S/C34H38N4O2/c1-25-11-15-28(16-12-25)34(29-17-13-26(2)14-18-29)31(39)38(32(40)36(34)5)22-8-21-37-23-19-33(35-4,20-24-37)30-10-7-6-9-27(30)3/h6-7,9-18H,8,19-24H2,1-3,5H3. The van der Waals surface area contributed by atoms with Crippen LogP contribution < -0.4 is 0 Å². The Balaban J connectivity index is 1.31. The van der Waals surface area contributed by atoms with Crippen molar-refractivity contribution in [2.24, 2.45) is 0 Å². The first-order chi connectivity index (χ1) is 19.2. The van der Waals surface area contributed by atoms with Gasteiger partial charge in [0.2, 0.25) is 0 Å². The summed E-state index contributed by atoms with van der Waals surface area (Å²) in [5.41, 5.74) is 4.47. The van der Waals surface area contributed by atoms with Crippen LogP contribution in [-0.2, 0) is 15.9 Å². The molecule has 2 aliphatic rings. The van der Waals surface area contributed by atoms with E-state index in [-0.39, 0.29) is 11.9 Å². The number of nitrogens with zero attached hydrogens (tertiary/aromatic N) is 4. The summed E-state index contributed by atoms with van der Waals surface area (Å²) in [6.45, 7) is 16.9. The number of likely N-dealkylation sites (N-methyl/N-ethyl adjacent to an activating group) is 1. The molecule has 2 aliphatic heterocycles. The van der Waals surface area contributed by atoms with Gasteiger partial charge < -0.3 is 14.6 Å². The third kappa shape index (κ3) is 4.59. The summed E-state index contributed by atoms with van der Waals surface area (Å²) in [6, 6.07) is 23.8. The average Bonchev–Trinajstić information content (AvgIpc) is 3.15. The van der Waals surface area contributed by atoms with E-state index in [2.05, 4.69) is 28.8 Å². The van der Waals surface area contributed by atoms with Crippen LogP contribution in [0.5, 0.6) is 0 Å². The van der Waals surface area contributed by atoms with E-state index in [1.54, 1.807) is 11.9 Å². The summed E-state index contributed by atoms with van der Waals surface area (Å²) < 4.78 is 0. The molecule has 3 aromatic rings. The molecule has 5 rings (SSSR count). The van der Waals surface area contributed by atoms with Crippen molar-refractivity contribution in [2.45, 2.75) is 51.1 Å². The summed E-state index contributed by atoms with van der Waals surface area (Å²) in [7, 11) is 1.74. The van der Waals surface area contributed by atoms with E-state index in [1.807, 2.05) is 74.5 Å². The quantitative estimate of drug-likeness (QED) is 0.274. The van der Waals surface area contributed by atoms with Crippen molar-refractivity contribution in [3.63, 3.8) is 0 Å². The third-order valence-corrected chi connectivity index (χ3v) is 8.91. The van der Waals surface area contributed by atoms with Crippen LogP contribution in [0.1, 0.15) is 52.6 Å². The van der Waals surface area contributed by atoms with Gasteiger partial charge in [0.1, 0.15) is 0 Å². The Morgan fingerprint density at radius 3 is 1.88 bits per heavy atom. The van der Waals surface area contributed by atoms with Crippen molar-refractivity contribution >= 4 is 11.9 Å². The molecule has 2 saturated heterocycles. The van der Waals surface area contributed by atoms with E-state index in [9.17, 15) is 9.59 Å². The van der Waals surface area contributed by atoms with Crippen LogP contribution in [0, 0.1) is 27.3 Å². The topological polar surface area (TPSA) is 48.2 Å². The highest BCUT2D eigenvalue weighted by Gasteiger charge is 2.57. The molecule has 40 heavy (non-hydrogen) atoms. The Kier molecular flexibility index (Phi) is 7.53. The van der Waals surface area contributed by atoms with E-state index in [0.717, 1.165) is 60.3 Å². The van der Waals surface area contributed by atoms with Gasteiger partial charge in [0, 0.05) is 45.1 Å². The van der Waals surface area contributed by atoms with Crippen LogP contribution in [0.15, 0.2) is 72.8 Å². The molecule has 0 unspecified atom stereocenters. The highest BCUT2D eigenvalue weighted by Crippen LogP contribution is 2.43. The zero-order valence-electron chi connectivity index (χ0n) is 24.0. The Labute approximate surface area is 238 Å². The van der Waals surface area contributed by atoms with Gasteiger partial charge in [0.25, 0.3) is 11.4 Å². The van der Waals surface area contributed by atoms with Gasteiger partial charge in [-0.2, -0.15) is 0 Å². The minimum Gasteiger partial charge on any atom is -0.305 e. The highest BCUT2D eigenvalue weighted by molar-refractivity contribution is 6.09. The number of amides is 3. The van der Waals surface area contributed by atoms with Crippen molar-refractivity contribution in [3.05, 3.63) is 118 Å². The summed E-state index contributed by atoms with van der Waals surface area (Å²) >= 11 is 0. The van der Waals surface area contributed by atoms with Gasteiger partial charge in [-0.25, -0.2) is 11.4 Å². The summed E-state index contributed by atoms with van der Waals surface area (Å²) in [5, 5.41) is 0. The molecular weight excluding hydrogens is 496 g/mol. The molecule has 3 aromatic carbocycles. The lowest BCUT2D eigenvalue weighted by Crippen LogP contribution is -2.46. The predicted molar refractivity (Wildman–Crippen MR) is 158 cm³/mol. The van der Waals surface area contributed by atoms with E-state index in [0.29, 0.717) is 13.0 Å². The van der Waals surface area contributed by atoms with Crippen LogP contribution >= 0.6 is 0 Å². The number of benzene rings is 3. The normalized spacial score (nSPS) is 18.7. The molecule has 0 saturated carbocycles. The van der Waals surface area contributed by atoms with Crippen molar-refractivity contribution in [1.29, 1.82) is 0 Å². The van der Waals surface area contributed by atoms with Crippen molar-refractivity contribution < 1.29 is 9.59 Å². The molecule has 0 bridgehead atoms. The number of aryl methyl sites for hydroxylation is 3. The third-order valence-electron chi connectivity index (χ3n) is 8.91. The number of carbonyl (C=O) groups excluding carboxylic acids is 2. The van der Waals surface area contributed by atoms with E-state index in [1.165, 1.54) is 10.5 Å². The molecule has 0 N–H and O–H groups in total. The molecule has 0 aliphatic carbocycles. The van der Waals surface area contributed by atoms with Gasteiger partial charge in [0.15, 0.2) is 5.54 Å². The van der Waals surface area contributed by atoms with Gasteiger partial charge in [0.05, 0.1) is 0 Å². The maximum Gasteiger partial charge on any atom is 0.327 e. The number of piperidine rings is 1. The number of urea groups is 1. The fourth-order valence-corrected chi connectivity index (χ4v) is 6.47. The van der Waals surface area contributed by atoms with Crippen LogP contribution in [0.25, 0.3) is 4.85 Å². The molecule has 2 fully saturated rings. The number of rotatable bonds is 7. The Morgan fingerprint density at radius 1 is 0.800 bits per heavy atom. The monoisotopic (exact) mass is 534 g/mol. The first kappa shape index (κ1) is 27.6. The maximum absolute atomic E-state index is 14.2. The van der Waals surface area contributed by atoms with Gasteiger partial charge in [-0.3, -0.25) is 9.69 Å². The zero-order chi connectivity index (χ0) is 28.5. The predicted octanol–water partition coefficient (Wildman–Crippen LogP) is 6.05. The zero-order valence-corrected chi connectivity index (χ0v) is 24.0. The number of carbonyl (C=O) groups is 2. The molecule has 6 heteroatoms. The maximum atomic E-state index is 14.2. The average molecular weight is 535 g/mol. The fraction of sp³-hybridized carbons (Fsp3) is 0.382. The Hall–Kier alpha value is -3.95. The first-order valence-electron chi connectivity index (χ1n) is 14.1. The number of likely N-dealkylation sites (tertiary alicyclic amines) is 1. The Bertz CT molecular complexity index is 1380. The molecule has 0 atom stereocenters. The van der Waals surface area contributed by atoms with Gasteiger partial charge in [-0.1, -0.05) is 83.9 Å². The fourth-order valence-electron chi connectivity index (χ4n) is 6.47. The van der Waals surface area contributed by atoms with Gasteiger partial charge in [-0.15, -0.1) is 0 Å². The van der Waals surface area contributed by atoms with Gasteiger partial charge in [-0.05, 0) is 50.4 Å². The minimum absolute atomic E-state index is 0.196. The first-order valence-corrected chi connectivity index (χ1v) is 14.1. The molecule has 0 radical (unpaired) electrons. The summed E-state index contributed by atoms with van der Waals surface area (Å²) in [6.07, 6.45) is 2.27. The highest BCUT2D eigenvalue weighted by atomic mass is 16.2. The van der Waals surface area contributed by atoms with Crippen LogP contribution in [0.4, 0.5) is 4.79 Å². The molecular formula is C34H38N4O2. The lowest BCUT2D eigenvalue weighted by atomic mass is 9.79. The number of imide groups is 1. The number of hydrogen-bond acceptors (Lipinski definition) is 3. The van der Waals surface area contributed by atoms with Crippen molar-refractivity contribution in [2.75, 3.05) is 33.2 Å². The van der Waals surface area contributed by atoms with E-state index < -0.39 is 11.1 Å². The second kappa shape index (κ2) is 10.9.